The summed E-state index contributed by atoms with van der Waals surface area (Å²) < 4.78 is 0. The van der Waals surface area contributed by atoms with Crippen LogP contribution >= 0.6 is 0 Å². The molecule has 0 aromatic carbocycles. The highest BCUT2D eigenvalue weighted by atomic mass is 16.4. The summed E-state index contributed by atoms with van der Waals surface area (Å²) in [7, 11) is 1.52. The van der Waals surface area contributed by atoms with Crippen molar-refractivity contribution in [1.82, 2.24) is 15.5 Å². The SMILES string of the molecule is CNC(=O)CCNC(=O)N1CCCC(C)C1C(=O)O. The summed E-state index contributed by atoms with van der Waals surface area (Å²) in [5.74, 6) is -1.20. The van der Waals surface area contributed by atoms with Gasteiger partial charge in [0.25, 0.3) is 0 Å². The molecule has 0 aliphatic carbocycles. The largest absolute Gasteiger partial charge is 0.480 e. The molecule has 108 valence electrons. The molecule has 1 rings (SSSR count). The molecule has 19 heavy (non-hydrogen) atoms. The number of amides is 3. The summed E-state index contributed by atoms with van der Waals surface area (Å²) >= 11 is 0. The van der Waals surface area contributed by atoms with Crippen molar-refractivity contribution in [3.8, 4) is 0 Å². The standard InChI is InChI=1S/C12H21N3O4/c1-8-4-3-7-15(10(8)11(17)18)12(19)14-6-5-9(16)13-2/h8,10H,3-7H2,1-2H3,(H,13,16)(H,14,19)(H,17,18). The van der Waals surface area contributed by atoms with Gasteiger partial charge in [-0.25, -0.2) is 9.59 Å². The van der Waals surface area contributed by atoms with Gasteiger partial charge in [-0.3, -0.25) is 4.79 Å². The first-order chi connectivity index (χ1) is 8.97. The van der Waals surface area contributed by atoms with E-state index >= 15 is 0 Å². The zero-order chi connectivity index (χ0) is 14.4. The average molecular weight is 271 g/mol. The summed E-state index contributed by atoms with van der Waals surface area (Å²) in [6, 6.07) is -1.20. The van der Waals surface area contributed by atoms with Crippen LogP contribution in [0, 0.1) is 5.92 Å². The molecule has 1 aliphatic heterocycles. The van der Waals surface area contributed by atoms with Crippen molar-refractivity contribution in [1.29, 1.82) is 0 Å². The highest BCUT2D eigenvalue weighted by Gasteiger charge is 2.36. The molecule has 0 radical (unpaired) electrons. The van der Waals surface area contributed by atoms with Crippen molar-refractivity contribution in [3.05, 3.63) is 0 Å². The molecule has 3 amide bonds. The topological polar surface area (TPSA) is 98.7 Å². The second-order valence-corrected chi connectivity index (χ2v) is 4.75. The lowest BCUT2D eigenvalue weighted by molar-refractivity contribution is -0.145. The van der Waals surface area contributed by atoms with Crippen molar-refractivity contribution >= 4 is 17.9 Å². The Balaban J connectivity index is 2.53. The van der Waals surface area contributed by atoms with Crippen LogP contribution < -0.4 is 10.6 Å². The maximum Gasteiger partial charge on any atom is 0.326 e. The number of aliphatic carboxylic acids is 1. The molecular weight excluding hydrogens is 250 g/mol. The number of hydrogen-bond acceptors (Lipinski definition) is 3. The summed E-state index contributed by atoms with van der Waals surface area (Å²) in [6.45, 7) is 2.48. The van der Waals surface area contributed by atoms with E-state index in [0.717, 1.165) is 12.8 Å². The van der Waals surface area contributed by atoms with Gasteiger partial charge in [0, 0.05) is 26.6 Å². The number of nitrogens with one attached hydrogen (secondary N) is 2. The quantitative estimate of drug-likeness (QED) is 0.671. The van der Waals surface area contributed by atoms with E-state index in [-0.39, 0.29) is 24.8 Å². The Labute approximate surface area is 112 Å². The molecule has 1 aliphatic rings. The van der Waals surface area contributed by atoms with Crippen molar-refractivity contribution in [2.75, 3.05) is 20.1 Å². The minimum absolute atomic E-state index is 0.0593. The third kappa shape index (κ3) is 4.11. The van der Waals surface area contributed by atoms with Crippen molar-refractivity contribution in [3.63, 3.8) is 0 Å². The number of urea groups is 1. The number of piperidine rings is 1. The fourth-order valence-corrected chi connectivity index (χ4v) is 2.30. The molecule has 3 N–H and O–H groups in total. The van der Waals surface area contributed by atoms with Gasteiger partial charge in [0.15, 0.2) is 0 Å². The van der Waals surface area contributed by atoms with E-state index in [9.17, 15) is 19.5 Å². The number of hydrogen-bond donors (Lipinski definition) is 3. The maximum atomic E-state index is 11.9. The lowest BCUT2D eigenvalue weighted by Gasteiger charge is -2.37. The predicted octanol–water partition coefficient (Wildman–Crippen LogP) is 0.0172. The molecule has 2 atom stereocenters. The summed E-state index contributed by atoms with van der Waals surface area (Å²) in [5.41, 5.74) is 0. The summed E-state index contributed by atoms with van der Waals surface area (Å²) in [4.78, 5) is 35.5. The van der Waals surface area contributed by atoms with Crippen LogP contribution in [0.3, 0.4) is 0 Å². The van der Waals surface area contributed by atoms with Crippen LogP contribution in [0.5, 0.6) is 0 Å². The number of carbonyl (C=O) groups is 3. The summed E-state index contributed by atoms with van der Waals surface area (Å²) in [5, 5.41) is 14.2. The van der Waals surface area contributed by atoms with Crippen LogP contribution in [0.1, 0.15) is 26.2 Å². The Kier molecular flexibility index (Phi) is 5.59. The summed E-state index contributed by atoms with van der Waals surface area (Å²) in [6.07, 6.45) is 1.79. The molecule has 7 nitrogen and oxygen atoms in total. The first-order valence-electron chi connectivity index (χ1n) is 6.45. The first-order valence-corrected chi connectivity index (χ1v) is 6.45. The van der Waals surface area contributed by atoms with Crippen LogP contribution in [-0.4, -0.2) is 54.1 Å². The molecule has 0 bridgehead atoms. The fourth-order valence-electron chi connectivity index (χ4n) is 2.30. The molecule has 2 unspecified atom stereocenters. The second-order valence-electron chi connectivity index (χ2n) is 4.75. The van der Waals surface area contributed by atoms with Crippen molar-refractivity contribution in [2.24, 2.45) is 5.92 Å². The fraction of sp³-hybridized carbons (Fsp3) is 0.750. The minimum atomic E-state index is -0.978. The first kappa shape index (κ1) is 15.3. The molecule has 1 fully saturated rings. The van der Waals surface area contributed by atoms with E-state index in [2.05, 4.69) is 10.6 Å². The van der Waals surface area contributed by atoms with Gasteiger partial charge in [-0.1, -0.05) is 6.92 Å². The normalized spacial score (nSPS) is 22.7. The van der Waals surface area contributed by atoms with E-state index in [0.29, 0.717) is 6.54 Å². The molecule has 0 aromatic heterocycles. The number of carboxylic acids is 1. The van der Waals surface area contributed by atoms with Gasteiger partial charge in [-0.05, 0) is 18.8 Å². The minimum Gasteiger partial charge on any atom is -0.480 e. The van der Waals surface area contributed by atoms with Crippen LogP contribution in [0.2, 0.25) is 0 Å². The van der Waals surface area contributed by atoms with Crippen LogP contribution in [-0.2, 0) is 9.59 Å². The Bertz CT molecular complexity index is 359. The Morgan fingerprint density at radius 1 is 1.37 bits per heavy atom. The predicted molar refractivity (Wildman–Crippen MR) is 68.6 cm³/mol. The molecule has 0 spiro atoms. The number of nitrogens with zero attached hydrogens (tertiary/aromatic N) is 1. The molecule has 1 saturated heterocycles. The van der Waals surface area contributed by atoms with Crippen LogP contribution in [0.4, 0.5) is 4.79 Å². The second kappa shape index (κ2) is 6.96. The monoisotopic (exact) mass is 271 g/mol. The third-order valence-corrected chi connectivity index (χ3v) is 3.35. The molecule has 0 saturated carbocycles. The number of rotatable bonds is 4. The van der Waals surface area contributed by atoms with Crippen LogP contribution in [0.25, 0.3) is 0 Å². The average Bonchev–Trinajstić information content (AvgIpc) is 2.37. The lowest BCUT2D eigenvalue weighted by Crippen LogP contribution is -2.55. The Morgan fingerprint density at radius 2 is 2.05 bits per heavy atom. The van der Waals surface area contributed by atoms with Gasteiger partial charge in [0.2, 0.25) is 5.91 Å². The van der Waals surface area contributed by atoms with E-state index in [4.69, 9.17) is 0 Å². The molecule has 1 heterocycles. The van der Waals surface area contributed by atoms with Crippen molar-refractivity contribution < 1.29 is 19.5 Å². The maximum absolute atomic E-state index is 11.9. The Hall–Kier alpha value is -1.79. The number of carboxylic acid groups (broad SMARTS) is 1. The zero-order valence-electron chi connectivity index (χ0n) is 11.3. The van der Waals surface area contributed by atoms with E-state index in [1.165, 1.54) is 11.9 Å². The van der Waals surface area contributed by atoms with E-state index < -0.39 is 18.0 Å². The van der Waals surface area contributed by atoms with Crippen LogP contribution in [0.15, 0.2) is 0 Å². The highest BCUT2D eigenvalue weighted by Crippen LogP contribution is 2.23. The van der Waals surface area contributed by atoms with E-state index in [1.807, 2.05) is 6.92 Å². The number of likely N-dealkylation sites (tertiary alicyclic amines) is 1. The number of carbonyl (C=O) groups excluding carboxylic acids is 2. The van der Waals surface area contributed by atoms with Gasteiger partial charge in [0.05, 0.1) is 0 Å². The van der Waals surface area contributed by atoms with Gasteiger partial charge >= 0.3 is 12.0 Å². The van der Waals surface area contributed by atoms with Crippen molar-refractivity contribution in [2.45, 2.75) is 32.2 Å². The molecule has 0 aromatic rings. The Morgan fingerprint density at radius 3 is 2.63 bits per heavy atom. The highest BCUT2D eigenvalue weighted by molar-refractivity contribution is 5.83. The lowest BCUT2D eigenvalue weighted by atomic mass is 9.91. The smallest absolute Gasteiger partial charge is 0.326 e. The molecular formula is C12H21N3O4. The van der Waals surface area contributed by atoms with Gasteiger partial charge < -0.3 is 20.6 Å². The van der Waals surface area contributed by atoms with E-state index in [1.54, 1.807) is 0 Å². The molecule has 7 heteroatoms. The third-order valence-electron chi connectivity index (χ3n) is 3.35. The van der Waals surface area contributed by atoms with Gasteiger partial charge in [-0.2, -0.15) is 0 Å². The van der Waals surface area contributed by atoms with Gasteiger partial charge in [-0.15, -0.1) is 0 Å². The van der Waals surface area contributed by atoms with Gasteiger partial charge in [0.1, 0.15) is 6.04 Å². The zero-order valence-corrected chi connectivity index (χ0v) is 11.3.